The molecule has 0 bridgehead atoms. The van der Waals surface area contributed by atoms with Crippen LogP contribution in [0, 0.1) is 0 Å². The Hall–Kier alpha value is -2.41. The van der Waals surface area contributed by atoms with Crippen molar-refractivity contribution in [1.29, 1.82) is 0 Å². The summed E-state index contributed by atoms with van der Waals surface area (Å²) in [6.07, 6.45) is 1.74. The number of amides is 3. The molecule has 3 amide bonds. The van der Waals surface area contributed by atoms with Gasteiger partial charge in [0.25, 0.3) is 5.91 Å². The van der Waals surface area contributed by atoms with E-state index in [0.717, 1.165) is 23.4 Å². The number of carbonyl (C=O) groups is 2. The summed E-state index contributed by atoms with van der Waals surface area (Å²) in [5.41, 5.74) is 1.47. The van der Waals surface area contributed by atoms with Crippen molar-refractivity contribution in [2.75, 3.05) is 13.1 Å². The molecule has 2 rings (SSSR count). The zero-order chi connectivity index (χ0) is 18.8. The van der Waals surface area contributed by atoms with E-state index < -0.39 is 0 Å². The summed E-state index contributed by atoms with van der Waals surface area (Å²) in [5.74, 6) is -0.162. The first-order valence-corrected chi connectivity index (χ1v) is 9.81. The van der Waals surface area contributed by atoms with Crippen LogP contribution in [0.15, 0.2) is 35.7 Å². The van der Waals surface area contributed by atoms with Crippen LogP contribution < -0.4 is 10.6 Å². The number of aromatic nitrogens is 1. The normalized spacial score (nSPS) is 10.4. The molecule has 1 aromatic carbocycles. The van der Waals surface area contributed by atoms with Gasteiger partial charge in [-0.05, 0) is 18.4 Å². The summed E-state index contributed by atoms with van der Waals surface area (Å²) >= 11 is 1.40. The van der Waals surface area contributed by atoms with E-state index in [4.69, 9.17) is 0 Å². The van der Waals surface area contributed by atoms with Crippen LogP contribution in [0.1, 0.15) is 47.7 Å². The van der Waals surface area contributed by atoms with E-state index in [-0.39, 0.29) is 11.9 Å². The molecule has 0 unspecified atom stereocenters. The average Bonchev–Trinajstić information content (AvgIpc) is 3.13. The van der Waals surface area contributed by atoms with Crippen LogP contribution in [0.5, 0.6) is 0 Å². The van der Waals surface area contributed by atoms with Crippen LogP contribution >= 0.6 is 11.3 Å². The highest BCUT2D eigenvalue weighted by atomic mass is 32.1. The Morgan fingerprint density at radius 3 is 2.58 bits per heavy atom. The Bertz CT molecular complexity index is 703. The van der Waals surface area contributed by atoms with Gasteiger partial charge in [0.15, 0.2) is 0 Å². The van der Waals surface area contributed by atoms with E-state index in [1.54, 1.807) is 10.3 Å². The monoisotopic (exact) mass is 374 g/mol. The van der Waals surface area contributed by atoms with Crippen LogP contribution in [0.25, 0.3) is 0 Å². The molecule has 0 radical (unpaired) electrons. The standard InChI is InChI=1S/C19H26N4O2S/c1-3-10-20-18(24)16-14-26-17(22-16)13-23(11-4-2)19(25)21-12-15-8-6-5-7-9-15/h5-9,14H,3-4,10-13H2,1-2H3,(H,20,24)(H,21,25). The van der Waals surface area contributed by atoms with Gasteiger partial charge in [-0.15, -0.1) is 11.3 Å². The van der Waals surface area contributed by atoms with Crippen molar-refractivity contribution in [3.8, 4) is 0 Å². The highest BCUT2D eigenvalue weighted by molar-refractivity contribution is 7.09. The Kier molecular flexibility index (Phi) is 8.08. The molecule has 0 aliphatic heterocycles. The molecule has 26 heavy (non-hydrogen) atoms. The first kappa shape index (κ1) is 19.9. The number of benzene rings is 1. The second-order valence-electron chi connectivity index (χ2n) is 5.95. The summed E-state index contributed by atoms with van der Waals surface area (Å²) < 4.78 is 0. The third-order valence-corrected chi connectivity index (χ3v) is 4.55. The highest BCUT2D eigenvalue weighted by Gasteiger charge is 2.16. The van der Waals surface area contributed by atoms with Gasteiger partial charge < -0.3 is 15.5 Å². The fourth-order valence-electron chi connectivity index (χ4n) is 2.39. The molecule has 0 fully saturated rings. The maximum atomic E-state index is 12.5. The third kappa shape index (κ3) is 6.15. The molecular weight excluding hydrogens is 348 g/mol. The summed E-state index contributed by atoms with van der Waals surface area (Å²) in [6.45, 7) is 6.20. The number of nitrogens with one attached hydrogen (secondary N) is 2. The quantitative estimate of drug-likeness (QED) is 0.706. The predicted molar refractivity (Wildman–Crippen MR) is 104 cm³/mol. The maximum Gasteiger partial charge on any atom is 0.318 e. The number of urea groups is 1. The molecule has 0 atom stereocenters. The number of hydrogen-bond acceptors (Lipinski definition) is 4. The van der Waals surface area contributed by atoms with Gasteiger partial charge in [0.2, 0.25) is 0 Å². The Balaban J connectivity index is 1.93. The number of nitrogens with zero attached hydrogens (tertiary/aromatic N) is 2. The van der Waals surface area contributed by atoms with Gasteiger partial charge >= 0.3 is 6.03 Å². The van der Waals surface area contributed by atoms with Crippen LogP contribution in [0.3, 0.4) is 0 Å². The van der Waals surface area contributed by atoms with Gasteiger partial charge in [0.05, 0.1) is 6.54 Å². The third-order valence-electron chi connectivity index (χ3n) is 3.71. The largest absolute Gasteiger partial charge is 0.351 e. The minimum absolute atomic E-state index is 0.122. The second-order valence-corrected chi connectivity index (χ2v) is 6.89. The van der Waals surface area contributed by atoms with Gasteiger partial charge in [-0.1, -0.05) is 44.2 Å². The lowest BCUT2D eigenvalue weighted by Gasteiger charge is -2.21. The van der Waals surface area contributed by atoms with Crippen LogP contribution in [-0.4, -0.2) is 34.9 Å². The predicted octanol–water partition coefficient (Wildman–Crippen LogP) is 3.40. The molecule has 0 aliphatic rings. The van der Waals surface area contributed by atoms with Crippen molar-refractivity contribution < 1.29 is 9.59 Å². The van der Waals surface area contributed by atoms with Crippen molar-refractivity contribution in [2.45, 2.75) is 39.8 Å². The van der Waals surface area contributed by atoms with E-state index in [1.165, 1.54) is 11.3 Å². The molecule has 1 heterocycles. The van der Waals surface area contributed by atoms with E-state index in [9.17, 15) is 9.59 Å². The Morgan fingerprint density at radius 1 is 1.12 bits per heavy atom. The first-order valence-electron chi connectivity index (χ1n) is 8.93. The molecule has 1 aromatic heterocycles. The minimum Gasteiger partial charge on any atom is -0.351 e. The molecule has 0 saturated heterocycles. The van der Waals surface area contributed by atoms with E-state index in [1.807, 2.05) is 44.2 Å². The van der Waals surface area contributed by atoms with Gasteiger partial charge in [-0.25, -0.2) is 9.78 Å². The smallest absolute Gasteiger partial charge is 0.318 e. The number of rotatable bonds is 9. The van der Waals surface area contributed by atoms with Crippen LogP contribution in [-0.2, 0) is 13.1 Å². The second kappa shape index (κ2) is 10.6. The molecule has 7 heteroatoms. The van der Waals surface area contributed by atoms with Crippen molar-refractivity contribution in [3.05, 3.63) is 52.0 Å². The van der Waals surface area contributed by atoms with E-state index in [2.05, 4.69) is 15.6 Å². The van der Waals surface area contributed by atoms with E-state index in [0.29, 0.717) is 31.9 Å². The summed E-state index contributed by atoms with van der Waals surface area (Å²) in [6, 6.07) is 9.69. The van der Waals surface area contributed by atoms with Gasteiger partial charge in [-0.2, -0.15) is 0 Å². The van der Waals surface area contributed by atoms with Gasteiger partial charge in [0, 0.05) is 25.0 Å². The minimum atomic E-state index is -0.162. The average molecular weight is 375 g/mol. The molecule has 0 spiro atoms. The van der Waals surface area contributed by atoms with Gasteiger partial charge in [-0.3, -0.25) is 4.79 Å². The summed E-state index contributed by atoms with van der Waals surface area (Å²) in [4.78, 5) is 30.6. The first-order chi connectivity index (χ1) is 12.6. The molecule has 6 nitrogen and oxygen atoms in total. The fraction of sp³-hybridized carbons (Fsp3) is 0.421. The lowest BCUT2D eigenvalue weighted by Crippen LogP contribution is -2.39. The maximum absolute atomic E-state index is 12.5. The number of hydrogen-bond donors (Lipinski definition) is 2. The van der Waals surface area contributed by atoms with Crippen LogP contribution in [0.4, 0.5) is 4.79 Å². The highest BCUT2D eigenvalue weighted by Crippen LogP contribution is 2.13. The zero-order valence-corrected chi connectivity index (χ0v) is 16.1. The molecule has 0 saturated carbocycles. The molecule has 2 N–H and O–H groups in total. The van der Waals surface area contributed by atoms with Gasteiger partial charge in [0.1, 0.15) is 10.7 Å². The molecule has 0 aliphatic carbocycles. The van der Waals surface area contributed by atoms with Crippen molar-refractivity contribution >= 4 is 23.3 Å². The zero-order valence-electron chi connectivity index (χ0n) is 15.3. The van der Waals surface area contributed by atoms with Crippen molar-refractivity contribution in [2.24, 2.45) is 0 Å². The molecule has 140 valence electrons. The topological polar surface area (TPSA) is 74.3 Å². The molecular formula is C19H26N4O2S. The lowest BCUT2D eigenvalue weighted by molar-refractivity contribution is 0.0949. The lowest BCUT2D eigenvalue weighted by atomic mass is 10.2. The summed E-state index contributed by atoms with van der Waals surface area (Å²) in [7, 11) is 0. The molecule has 2 aromatic rings. The van der Waals surface area contributed by atoms with Crippen molar-refractivity contribution in [1.82, 2.24) is 20.5 Å². The van der Waals surface area contributed by atoms with Crippen molar-refractivity contribution in [3.63, 3.8) is 0 Å². The Morgan fingerprint density at radius 2 is 1.88 bits per heavy atom. The number of carbonyl (C=O) groups excluding carboxylic acids is 2. The number of thiazole rings is 1. The fourth-order valence-corrected chi connectivity index (χ4v) is 3.18. The Labute approximate surface area is 158 Å². The SMILES string of the molecule is CCCNC(=O)c1csc(CN(CCC)C(=O)NCc2ccccc2)n1. The van der Waals surface area contributed by atoms with E-state index >= 15 is 0 Å². The van der Waals surface area contributed by atoms with Crippen LogP contribution in [0.2, 0.25) is 0 Å². The summed E-state index contributed by atoms with van der Waals surface area (Å²) in [5, 5.41) is 8.26.